The molecule has 1 atom stereocenters. The lowest BCUT2D eigenvalue weighted by Crippen LogP contribution is -2.30. The van der Waals surface area contributed by atoms with Gasteiger partial charge < -0.3 is 15.2 Å². The Morgan fingerprint density at radius 3 is 3.11 bits per heavy atom. The van der Waals surface area contributed by atoms with Crippen molar-refractivity contribution in [3.05, 3.63) is 35.4 Å². The van der Waals surface area contributed by atoms with Crippen molar-refractivity contribution in [2.45, 2.75) is 26.1 Å². The van der Waals surface area contributed by atoms with Crippen LogP contribution in [0.2, 0.25) is 0 Å². The minimum Gasteiger partial charge on any atom is -0.479 e. The number of ether oxygens (including phenoxy) is 1. The maximum Gasteiger partial charge on any atom is 0.332 e. The van der Waals surface area contributed by atoms with E-state index in [0.29, 0.717) is 0 Å². The molecular weight excluding hydrogens is 244 g/mol. The zero-order chi connectivity index (χ0) is 13.7. The van der Waals surface area contributed by atoms with Crippen LogP contribution in [0, 0.1) is 0 Å². The maximum atomic E-state index is 10.7. The molecule has 5 nitrogen and oxygen atoms in total. The monoisotopic (exact) mass is 262 g/mol. The zero-order valence-electron chi connectivity index (χ0n) is 10.9. The Bertz CT molecular complexity index is 485. The number of carboxylic acids is 1. The second kappa shape index (κ2) is 6.33. The van der Waals surface area contributed by atoms with Crippen molar-refractivity contribution < 1.29 is 14.6 Å². The second-order valence-corrected chi connectivity index (χ2v) is 4.50. The number of hydrogen-bond donors (Lipinski definition) is 2. The SMILES string of the molecule is CC(OCc1cccc(C2=NCCCN2)c1)C(=O)O. The Labute approximate surface area is 112 Å². The van der Waals surface area contributed by atoms with Gasteiger partial charge in [-0.25, -0.2) is 4.79 Å². The Kier molecular flexibility index (Phi) is 4.52. The first kappa shape index (κ1) is 13.5. The molecule has 0 bridgehead atoms. The van der Waals surface area contributed by atoms with Gasteiger partial charge in [0, 0.05) is 18.7 Å². The average Bonchev–Trinajstić information content (AvgIpc) is 2.46. The number of aliphatic carboxylic acids is 1. The highest BCUT2D eigenvalue weighted by Crippen LogP contribution is 2.10. The van der Waals surface area contributed by atoms with Gasteiger partial charge in [0.05, 0.1) is 6.61 Å². The predicted molar refractivity (Wildman–Crippen MR) is 72.4 cm³/mol. The van der Waals surface area contributed by atoms with Crippen molar-refractivity contribution in [3.8, 4) is 0 Å². The van der Waals surface area contributed by atoms with Gasteiger partial charge in [0.15, 0.2) is 6.10 Å². The number of nitrogens with one attached hydrogen (secondary N) is 1. The third kappa shape index (κ3) is 3.79. The molecule has 1 aromatic carbocycles. The lowest BCUT2D eigenvalue weighted by molar-refractivity contribution is -0.149. The molecule has 1 aliphatic rings. The molecule has 19 heavy (non-hydrogen) atoms. The lowest BCUT2D eigenvalue weighted by atomic mass is 10.1. The normalized spacial score (nSPS) is 16.4. The number of carboxylic acid groups (broad SMARTS) is 1. The maximum absolute atomic E-state index is 10.7. The third-order valence-corrected chi connectivity index (χ3v) is 2.95. The molecule has 2 N–H and O–H groups in total. The number of nitrogens with zero attached hydrogens (tertiary/aromatic N) is 1. The van der Waals surface area contributed by atoms with E-state index < -0.39 is 12.1 Å². The summed E-state index contributed by atoms with van der Waals surface area (Å²) in [5, 5.41) is 12.0. The van der Waals surface area contributed by atoms with Crippen LogP contribution in [0.1, 0.15) is 24.5 Å². The molecule has 0 saturated carbocycles. The van der Waals surface area contributed by atoms with Crippen molar-refractivity contribution in [2.75, 3.05) is 13.1 Å². The molecule has 5 heteroatoms. The summed E-state index contributed by atoms with van der Waals surface area (Å²) in [6.45, 7) is 3.60. The summed E-state index contributed by atoms with van der Waals surface area (Å²) in [6, 6.07) is 7.81. The highest BCUT2D eigenvalue weighted by atomic mass is 16.5. The van der Waals surface area contributed by atoms with Gasteiger partial charge in [-0.2, -0.15) is 0 Å². The van der Waals surface area contributed by atoms with Crippen LogP contribution in [0.3, 0.4) is 0 Å². The summed E-state index contributed by atoms with van der Waals surface area (Å²) >= 11 is 0. The smallest absolute Gasteiger partial charge is 0.332 e. The van der Waals surface area contributed by atoms with Crippen LogP contribution < -0.4 is 5.32 Å². The van der Waals surface area contributed by atoms with E-state index >= 15 is 0 Å². The van der Waals surface area contributed by atoms with Gasteiger partial charge >= 0.3 is 5.97 Å². The van der Waals surface area contributed by atoms with Crippen LogP contribution in [0.25, 0.3) is 0 Å². The number of hydrogen-bond acceptors (Lipinski definition) is 4. The Morgan fingerprint density at radius 1 is 1.58 bits per heavy atom. The third-order valence-electron chi connectivity index (χ3n) is 2.95. The minimum absolute atomic E-state index is 0.286. The van der Waals surface area contributed by atoms with Gasteiger partial charge in [0.1, 0.15) is 5.84 Å². The lowest BCUT2D eigenvalue weighted by Gasteiger charge is -2.15. The Hall–Kier alpha value is -1.88. The van der Waals surface area contributed by atoms with Crippen molar-refractivity contribution in [3.63, 3.8) is 0 Å². The van der Waals surface area contributed by atoms with Gasteiger partial charge in [-0.05, 0) is 25.0 Å². The zero-order valence-corrected chi connectivity index (χ0v) is 10.9. The first-order valence-electron chi connectivity index (χ1n) is 6.39. The van der Waals surface area contributed by atoms with E-state index in [0.717, 1.165) is 36.5 Å². The molecule has 1 aliphatic heterocycles. The molecular formula is C14H18N2O3. The summed E-state index contributed by atoms with van der Waals surface area (Å²) < 4.78 is 5.27. The number of aliphatic imine (C=N–C) groups is 1. The van der Waals surface area contributed by atoms with Crippen molar-refractivity contribution in [1.29, 1.82) is 0 Å². The number of amidine groups is 1. The molecule has 0 aromatic heterocycles. The molecule has 1 unspecified atom stereocenters. The number of rotatable bonds is 5. The second-order valence-electron chi connectivity index (χ2n) is 4.50. The Balaban J connectivity index is 2.02. The van der Waals surface area contributed by atoms with E-state index in [2.05, 4.69) is 10.3 Å². The fourth-order valence-electron chi connectivity index (χ4n) is 1.83. The molecule has 102 valence electrons. The standard InChI is InChI=1S/C14H18N2O3/c1-10(14(17)18)19-9-11-4-2-5-12(8-11)13-15-6-3-7-16-13/h2,4-5,8,10H,3,6-7,9H2,1H3,(H,15,16)(H,17,18). The van der Waals surface area contributed by atoms with Crippen molar-refractivity contribution >= 4 is 11.8 Å². The van der Waals surface area contributed by atoms with E-state index in [-0.39, 0.29) is 6.61 Å². The fraction of sp³-hybridized carbons (Fsp3) is 0.429. The van der Waals surface area contributed by atoms with Crippen LogP contribution in [-0.2, 0) is 16.1 Å². The first-order valence-corrected chi connectivity index (χ1v) is 6.39. The van der Waals surface area contributed by atoms with Crippen molar-refractivity contribution in [2.24, 2.45) is 4.99 Å². The molecule has 0 saturated heterocycles. The molecule has 0 radical (unpaired) electrons. The predicted octanol–water partition coefficient (Wildman–Crippen LogP) is 1.42. The molecule has 1 heterocycles. The summed E-state index contributed by atoms with van der Waals surface area (Å²) in [5.41, 5.74) is 1.96. The quantitative estimate of drug-likeness (QED) is 0.841. The Morgan fingerprint density at radius 2 is 2.42 bits per heavy atom. The first-order chi connectivity index (χ1) is 9.16. The summed E-state index contributed by atoms with van der Waals surface area (Å²) in [6.07, 6.45) is 0.261. The van der Waals surface area contributed by atoms with E-state index in [4.69, 9.17) is 9.84 Å². The fourth-order valence-corrected chi connectivity index (χ4v) is 1.83. The molecule has 2 rings (SSSR count). The largest absolute Gasteiger partial charge is 0.479 e. The van der Waals surface area contributed by atoms with Crippen molar-refractivity contribution in [1.82, 2.24) is 5.32 Å². The van der Waals surface area contributed by atoms with Crippen LogP contribution in [0.15, 0.2) is 29.3 Å². The van der Waals surface area contributed by atoms with E-state index in [1.54, 1.807) is 0 Å². The molecule has 0 aliphatic carbocycles. The van der Waals surface area contributed by atoms with Gasteiger partial charge in [0.25, 0.3) is 0 Å². The van der Waals surface area contributed by atoms with Crippen LogP contribution in [0.4, 0.5) is 0 Å². The number of benzene rings is 1. The van der Waals surface area contributed by atoms with Gasteiger partial charge in [0.2, 0.25) is 0 Å². The molecule has 0 spiro atoms. The van der Waals surface area contributed by atoms with Gasteiger partial charge in [-0.1, -0.05) is 18.2 Å². The average molecular weight is 262 g/mol. The summed E-state index contributed by atoms with van der Waals surface area (Å²) in [5.74, 6) is -0.0474. The van der Waals surface area contributed by atoms with Gasteiger partial charge in [-0.15, -0.1) is 0 Å². The van der Waals surface area contributed by atoms with E-state index in [1.807, 2.05) is 24.3 Å². The topological polar surface area (TPSA) is 70.9 Å². The summed E-state index contributed by atoms with van der Waals surface area (Å²) in [4.78, 5) is 15.1. The van der Waals surface area contributed by atoms with Crippen LogP contribution >= 0.6 is 0 Å². The highest BCUT2D eigenvalue weighted by Gasteiger charge is 2.12. The van der Waals surface area contributed by atoms with Crippen LogP contribution in [0.5, 0.6) is 0 Å². The number of carbonyl (C=O) groups is 1. The molecule has 1 aromatic rings. The van der Waals surface area contributed by atoms with E-state index in [1.165, 1.54) is 6.92 Å². The van der Waals surface area contributed by atoms with E-state index in [9.17, 15) is 4.79 Å². The highest BCUT2D eigenvalue weighted by molar-refractivity contribution is 5.99. The van der Waals surface area contributed by atoms with Gasteiger partial charge in [-0.3, -0.25) is 4.99 Å². The summed E-state index contributed by atoms with van der Waals surface area (Å²) in [7, 11) is 0. The van der Waals surface area contributed by atoms with Crippen LogP contribution in [-0.4, -0.2) is 36.1 Å². The molecule has 0 fully saturated rings. The molecule has 0 amide bonds. The minimum atomic E-state index is -0.950.